The Morgan fingerprint density at radius 3 is 2.49 bits per heavy atom. The van der Waals surface area contributed by atoms with Gasteiger partial charge in [-0.15, -0.1) is 0 Å². The maximum Gasteiger partial charge on any atom is 0.226 e. The maximum absolute atomic E-state index is 14.0. The van der Waals surface area contributed by atoms with E-state index in [2.05, 4.69) is 52.9 Å². The Bertz CT molecular complexity index is 1120. The van der Waals surface area contributed by atoms with Crippen molar-refractivity contribution in [2.75, 3.05) is 0 Å². The van der Waals surface area contributed by atoms with E-state index in [0.717, 1.165) is 44.1 Å². The van der Waals surface area contributed by atoms with Gasteiger partial charge in [0.15, 0.2) is 0 Å². The van der Waals surface area contributed by atoms with Crippen molar-refractivity contribution in [3.63, 3.8) is 0 Å². The normalized spacial score (nSPS) is 42.8. The van der Waals surface area contributed by atoms with Crippen LogP contribution in [-0.4, -0.2) is 17.1 Å². The molecule has 0 heterocycles. The molecule has 214 valence electrons. The van der Waals surface area contributed by atoms with Gasteiger partial charge in [-0.3, -0.25) is 4.79 Å². The molecule has 1 aromatic carbocycles. The van der Waals surface area contributed by atoms with Crippen LogP contribution in [0.5, 0.6) is 0 Å². The molecule has 0 spiro atoms. The van der Waals surface area contributed by atoms with Gasteiger partial charge in [-0.25, -0.2) is 0 Å². The highest BCUT2D eigenvalue weighted by molar-refractivity contribution is 5.83. The zero-order valence-corrected chi connectivity index (χ0v) is 25.4. The minimum Gasteiger partial charge on any atom is -0.393 e. The molecule has 1 amide bonds. The maximum atomic E-state index is 14.0. The van der Waals surface area contributed by atoms with Crippen LogP contribution in [-0.2, 0) is 11.3 Å². The molecule has 9 atom stereocenters. The van der Waals surface area contributed by atoms with E-state index >= 15 is 0 Å². The molecule has 4 fully saturated rings. The second-order valence-electron chi connectivity index (χ2n) is 15.1. The second kappa shape index (κ2) is 10.2. The molecule has 0 radical (unpaired) electrons. The topological polar surface area (TPSA) is 73.1 Å². The Labute approximate surface area is 237 Å². The van der Waals surface area contributed by atoms with E-state index in [1.54, 1.807) is 0 Å². The molecule has 4 aliphatic carbocycles. The number of nitriles is 1. The summed E-state index contributed by atoms with van der Waals surface area (Å²) in [4.78, 5) is 14.0. The van der Waals surface area contributed by atoms with Gasteiger partial charge in [-0.2, -0.15) is 5.26 Å². The highest BCUT2D eigenvalue weighted by atomic mass is 16.3. The van der Waals surface area contributed by atoms with Crippen molar-refractivity contribution in [2.24, 2.45) is 51.2 Å². The summed E-state index contributed by atoms with van der Waals surface area (Å²) in [7, 11) is 0. The minimum atomic E-state index is -0.302. The Morgan fingerprint density at radius 2 is 1.77 bits per heavy atom. The van der Waals surface area contributed by atoms with Crippen LogP contribution >= 0.6 is 0 Å². The summed E-state index contributed by atoms with van der Waals surface area (Å²) < 4.78 is 0. The molecular weight excluding hydrogens is 480 g/mol. The Kier molecular flexibility index (Phi) is 7.50. The fourth-order valence-corrected chi connectivity index (χ4v) is 11.3. The third-order valence-corrected chi connectivity index (χ3v) is 13.3. The van der Waals surface area contributed by atoms with E-state index in [-0.39, 0.29) is 22.8 Å². The largest absolute Gasteiger partial charge is 0.393 e. The zero-order chi connectivity index (χ0) is 28.2. The summed E-state index contributed by atoms with van der Waals surface area (Å²) in [6.07, 6.45) is 11.0. The first kappa shape index (κ1) is 28.7. The lowest BCUT2D eigenvalue weighted by Crippen LogP contribution is -2.64. The van der Waals surface area contributed by atoms with Gasteiger partial charge in [0.25, 0.3) is 0 Å². The summed E-state index contributed by atoms with van der Waals surface area (Å²) in [5.74, 6) is 3.18. The summed E-state index contributed by atoms with van der Waals surface area (Å²) >= 11 is 0. The van der Waals surface area contributed by atoms with Crippen LogP contribution in [0.25, 0.3) is 0 Å². The van der Waals surface area contributed by atoms with Gasteiger partial charge in [0, 0.05) is 6.54 Å². The number of rotatable bonds is 5. The number of aliphatic hydroxyl groups is 1. The van der Waals surface area contributed by atoms with Crippen molar-refractivity contribution in [3.05, 3.63) is 35.4 Å². The van der Waals surface area contributed by atoms with E-state index < -0.39 is 0 Å². The molecule has 0 aliphatic heterocycles. The predicted octanol–water partition coefficient (Wildman–Crippen LogP) is 7.64. The third kappa shape index (κ3) is 4.37. The number of carbonyl (C=O) groups is 1. The van der Waals surface area contributed by atoms with Crippen LogP contribution in [0.4, 0.5) is 0 Å². The quantitative estimate of drug-likeness (QED) is 0.409. The smallest absolute Gasteiger partial charge is 0.226 e. The number of aliphatic hydroxyl groups excluding tert-OH is 1. The monoisotopic (exact) mass is 532 g/mol. The van der Waals surface area contributed by atoms with Crippen LogP contribution in [0, 0.1) is 62.6 Å². The highest BCUT2D eigenvalue weighted by Crippen LogP contribution is 2.72. The van der Waals surface area contributed by atoms with Gasteiger partial charge in [0.2, 0.25) is 5.91 Å². The molecule has 2 N–H and O–H groups in total. The minimum absolute atomic E-state index is 0.00778. The standard InChI is InChI=1S/C35H52N2O2/c1-7-16-35(31(39)37-22-25-10-8-9-24(20-25)21-36)19-13-27-26(23(35)2)11-12-29-33(27,5)17-14-28-32(3,4)30(38)15-18-34(28,29)6/h8-10,20,23,26-30,38H,7,11-19,22H2,1-6H3,(H,37,39). The molecule has 1 aromatic rings. The van der Waals surface area contributed by atoms with E-state index in [0.29, 0.717) is 52.5 Å². The number of amides is 1. The van der Waals surface area contributed by atoms with Gasteiger partial charge in [-0.05, 0) is 121 Å². The Hall–Kier alpha value is -1.86. The number of fused-ring (bicyclic) bond motifs is 5. The first-order valence-corrected chi connectivity index (χ1v) is 15.9. The van der Waals surface area contributed by atoms with Crippen LogP contribution in [0.1, 0.15) is 117 Å². The number of hydrogen-bond acceptors (Lipinski definition) is 3. The number of nitrogens with one attached hydrogen (secondary N) is 1. The number of benzene rings is 1. The molecule has 0 saturated heterocycles. The Morgan fingerprint density at radius 1 is 1.03 bits per heavy atom. The first-order valence-electron chi connectivity index (χ1n) is 15.9. The molecule has 39 heavy (non-hydrogen) atoms. The van der Waals surface area contributed by atoms with Gasteiger partial charge in [0.1, 0.15) is 0 Å². The zero-order valence-electron chi connectivity index (χ0n) is 25.4. The van der Waals surface area contributed by atoms with Gasteiger partial charge in [0.05, 0.1) is 23.2 Å². The molecule has 5 rings (SSSR count). The van der Waals surface area contributed by atoms with Crippen molar-refractivity contribution in [2.45, 2.75) is 118 Å². The van der Waals surface area contributed by atoms with Crippen LogP contribution in [0.3, 0.4) is 0 Å². The fourth-order valence-electron chi connectivity index (χ4n) is 11.3. The summed E-state index contributed by atoms with van der Waals surface area (Å²) in [6, 6.07) is 9.81. The molecule has 9 unspecified atom stereocenters. The fraction of sp³-hybridized carbons (Fsp3) is 0.771. The van der Waals surface area contributed by atoms with Gasteiger partial charge < -0.3 is 10.4 Å². The van der Waals surface area contributed by atoms with Gasteiger partial charge in [-0.1, -0.05) is 60.1 Å². The first-order chi connectivity index (χ1) is 18.4. The summed E-state index contributed by atoms with van der Waals surface area (Å²) in [5.41, 5.74) is 1.96. The number of hydrogen-bond donors (Lipinski definition) is 2. The Balaban J connectivity index is 1.37. The van der Waals surface area contributed by atoms with Crippen molar-refractivity contribution >= 4 is 5.91 Å². The SMILES string of the molecule is CCCC1(C(=O)NCc2cccc(C#N)c2)CCC2C(CCC3C2(C)CCC2C(C)(C)C(O)CCC23C)C1C. The van der Waals surface area contributed by atoms with E-state index in [1.807, 2.05) is 24.3 Å². The number of nitrogens with zero attached hydrogens (tertiary/aromatic N) is 1. The highest BCUT2D eigenvalue weighted by Gasteiger charge is 2.65. The van der Waals surface area contributed by atoms with E-state index in [4.69, 9.17) is 0 Å². The predicted molar refractivity (Wildman–Crippen MR) is 156 cm³/mol. The van der Waals surface area contributed by atoms with Crippen molar-refractivity contribution < 1.29 is 9.90 Å². The molecule has 4 aliphatic rings. The number of carbonyl (C=O) groups excluding carboxylic acids is 1. The van der Waals surface area contributed by atoms with E-state index in [1.165, 1.54) is 25.7 Å². The molecule has 4 heteroatoms. The van der Waals surface area contributed by atoms with Crippen molar-refractivity contribution in [1.29, 1.82) is 5.26 Å². The molecule has 4 saturated carbocycles. The molecular formula is C35H52N2O2. The third-order valence-electron chi connectivity index (χ3n) is 13.3. The molecule has 0 bridgehead atoms. The van der Waals surface area contributed by atoms with Crippen LogP contribution < -0.4 is 5.32 Å². The van der Waals surface area contributed by atoms with Crippen LogP contribution in [0.2, 0.25) is 0 Å². The summed E-state index contributed by atoms with van der Waals surface area (Å²) in [6.45, 7) is 15.0. The second-order valence-corrected chi connectivity index (χ2v) is 15.1. The van der Waals surface area contributed by atoms with E-state index in [9.17, 15) is 15.2 Å². The lowest BCUT2D eigenvalue weighted by atomic mass is 9.36. The molecule has 0 aromatic heterocycles. The summed E-state index contributed by atoms with van der Waals surface area (Å²) in [5, 5.41) is 23.5. The lowest BCUT2D eigenvalue weighted by molar-refractivity contribution is -0.215. The van der Waals surface area contributed by atoms with Crippen molar-refractivity contribution in [3.8, 4) is 6.07 Å². The average Bonchev–Trinajstić information content (AvgIpc) is 2.91. The average molecular weight is 533 g/mol. The van der Waals surface area contributed by atoms with Crippen molar-refractivity contribution in [1.82, 2.24) is 5.32 Å². The van der Waals surface area contributed by atoms with Gasteiger partial charge >= 0.3 is 0 Å². The lowest BCUT2D eigenvalue weighted by Gasteiger charge is -2.69. The van der Waals surface area contributed by atoms with Crippen LogP contribution in [0.15, 0.2) is 24.3 Å². The molecule has 4 nitrogen and oxygen atoms in total.